The van der Waals surface area contributed by atoms with Crippen molar-refractivity contribution in [2.75, 3.05) is 33.4 Å². The van der Waals surface area contributed by atoms with Crippen molar-refractivity contribution < 1.29 is 9.47 Å². The first kappa shape index (κ1) is 18.0. The Labute approximate surface area is 128 Å². The maximum Gasteiger partial charge on any atom is 0.154 e. The van der Waals surface area contributed by atoms with E-state index in [4.69, 9.17) is 9.47 Å². The zero-order chi connectivity index (χ0) is 15.7. The number of aromatic nitrogens is 2. The summed E-state index contributed by atoms with van der Waals surface area (Å²) in [4.78, 5) is 9.17. The van der Waals surface area contributed by atoms with E-state index in [1.54, 1.807) is 7.11 Å². The lowest BCUT2D eigenvalue weighted by Crippen LogP contribution is -2.25. The van der Waals surface area contributed by atoms with Gasteiger partial charge in [0.25, 0.3) is 0 Å². The van der Waals surface area contributed by atoms with Crippen molar-refractivity contribution in [3.63, 3.8) is 0 Å². The fraction of sp³-hybridized carbons (Fsp3) is 0.750. The van der Waals surface area contributed by atoms with Gasteiger partial charge in [0, 0.05) is 38.2 Å². The van der Waals surface area contributed by atoms with Gasteiger partial charge in [0.1, 0.15) is 6.61 Å². The van der Waals surface area contributed by atoms with Crippen molar-refractivity contribution in [2.45, 2.75) is 46.6 Å². The van der Waals surface area contributed by atoms with Crippen LogP contribution in [0, 0.1) is 13.8 Å². The second kappa shape index (κ2) is 9.82. The van der Waals surface area contributed by atoms with Crippen LogP contribution in [0.1, 0.15) is 49.0 Å². The number of hydrogen-bond acceptors (Lipinski definition) is 5. The Morgan fingerprint density at radius 1 is 1.14 bits per heavy atom. The predicted octanol–water partition coefficient (Wildman–Crippen LogP) is 2.36. The van der Waals surface area contributed by atoms with E-state index in [1.165, 1.54) is 5.56 Å². The third-order valence-electron chi connectivity index (χ3n) is 3.38. The molecule has 0 spiro atoms. The topological polar surface area (TPSA) is 56.3 Å². The van der Waals surface area contributed by atoms with Crippen LogP contribution in [0.3, 0.4) is 0 Å². The van der Waals surface area contributed by atoms with Gasteiger partial charge < -0.3 is 14.8 Å². The number of hydrogen-bond donors (Lipinski definition) is 1. The molecule has 0 aliphatic heterocycles. The molecule has 1 N–H and O–H groups in total. The summed E-state index contributed by atoms with van der Waals surface area (Å²) in [7, 11) is 1.71. The average molecular weight is 295 g/mol. The minimum Gasteiger partial charge on any atom is -0.383 e. The van der Waals surface area contributed by atoms with E-state index in [1.807, 2.05) is 0 Å². The molecule has 5 nitrogen and oxygen atoms in total. The highest BCUT2D eigenvalue weighted by Crippen LogP contribution is 2.21. The van der Waals surface area contributed by atoms with Crippen LogP contribution >= 0.6 is 0 Å². The third kappa shape index (κ3) is 6.08. The number of methoxy groups -OCH3 is 1. The van der Waals surface area contributed by atoms with Crippen LogP contribution in [0.2, 0.25) is 0 Å². The molecular formula is C16H29N3O2. The van der Waals surface area contributed by atoms with Crippen LogP contribution in [0.5, 0.6) is 0 Å². The van der Waals surface area contributed by atoms with Crippen LogP contribution in [-0.2, 0) is 16.1 Å². The number of ether oxygens (including phenoxy) is 2. The lowest BCUT2D eigenvalue weighted by atomic mass is 9.98. The Morgan fingerprint density at radius 3 is 2.38 bits per heavy atom. The summed E-state index contributed by atoms with van der Waals surface area (Å²) in [5, 5.41) is 3.39. The normalized spacial score (nSPS) is 12.6. The first-order chi connectivity index (χ1) is 10.1. The molecule has 1 atom stereocenters. The summed E-state index contributed by atoms with van der Waals surface area (Å²) in [6.45, 7) is 12.2. The van der Waals surface area contributed by atoms with Gasteiger partial charge in [-0.25, -0.2) is 9.97 Å². The zero-order valence-corrected chi connectivity index (χ0v) is 14.0. The highest BCUT2D eigenvalue weighted by atomic mass is 16.5. The molecule has 21 heavy (non-hydrogen) atoms. The van der Waals surface area contributed by atoms with Gasteiger partial charge in [-0.2, -0.15) is 0 Å². The first-order valence-electron chi connectivity index (χ1n) is 7.71. The largest absolute Gasteiger partial charge is 0.383 e. The van der Waals surface area contributed by atoms with Gasteiger partial charge in [-0.1, -0.05) is 13.8 Å². The standard InChI is InChI=1S/C16H29N3O2/c1-6-8-21-11-15-18-13(3)16(14(4)19-15)12(2)10-17-7-9-20-5/h12,17H,6-11H2,1-5H3. The fourth-order valence-corrected chi connectivity index (χ4v) is 2.47. The third-order valence-corrected chi connectivity index (χ3v) is 3.38. The number of rotatable bonds is 10. The zero-order valence-electron chi connectivity index (χ0n) is 14.0. The first-order valence-corrected chi connectivity index (χ1v) is 7.71. The van der Waals surface area contributed by atoms with Crippen LogP contribution < -0.4 is 5.32 Å². The molecule has 0 saturated heterocycles. The maximum absolute atomic E-state index is 5.52. The van der Waals surface area contributed by atoms with E-state index in [0.29, 0.717) is 12.5 Å². The summed E-state index contributed by atoms with van der Waals surface area (Å²) >= 11 is 0. The summed E-state index contributed by atoms with van der Waals surface area (Å²) in [6, 6.07) is 0. The number of aryl methyl sites for hydroxylation is 2. The quantitative estimate of drug-likeness (QED) is 0.672. The van der Waals surface area contributed by atoms with Gasteiger partial charge in [-0.15, -0.1) is 0 Å². The second-order valence-electron chi connectivity index (χ2n) is 5.37. The van der Waals surface area contributed by atoms with E-state index in [0.717, 1.165) is 49.9 Å². The molecule has 120 valence electrons. The molecule has 1 aromatic rings. The van der Waals surface area contributed by atoms with Gasteiger partial charge in [0.05, 0.1) is 6.61 Å². The van der Waals surface area contributed by atoms with Crippen LogP contribution in [0.4, 0.5) is 0 Å². The lowest BCUT2D eigenvalue weighted by molar-refractivity contribution is 0.115. The Balaban J connectivity index is 2.65. The summed E-state index contributed by atoms with van der Waals surface area (Å²) < 4.78 is 10.6. The lowest BCUT2D eigenvalue weighted by Gasteiger charge is -2.18. The van der Waals surface area contributed by atoms with Crippen molar-refractivity contribution in [1.82, 2.24) is 15.3 Å². The molecule has 0 aliphatic carbocycles. The molecule has 0 aliphatic rings. The van der Waals surface area contributed by atoms with Crippen molar-refractivity contribution in [1.29, 1.82) is 0 Å². The number of nitrogens with one attached hydrogen (secondary N) is 1. The van der Waals surface area contributed by atoms with Gasteiger partial charge in [-0.05, 0) is 31.7 Å². The molecule has 1 unspecified atom stereocenters. The molecule has 0 fully saturated rings. The minimum absolute atomic E-state index is 0.382. The fourth-order valence-electron chi connectivity index (χ4n) is 2.47. The van der Waals surface area contributed by atoms with Gasteiger partial charge in [0.15, 0.2) is 5.82 Å². The molecule has 1 rings (SSSR count). The highest BCUT2D eigenvalue weighted by molar-refractivity contribution is 5.28. The van der Waals surface area contributed by atoms with Crippen LogP contribution in [0.25, 0.3) is 0 Å². The van der Waals surface area contributed by atoms with Gasteiger partial charge in [0.2, 0.25) is 0 Å². The highest BCUT2D eigenvalue weighted by Gasteiger charge is 2.15. The SMILES string of the molecule is CCCOCc1nc(C)c(C(C)CNCCOC)c(C)n1. The molecule has 1 aromatic heterocycles. The van der Waals surface area contributed by atoms with Crippen LogP contribution in [-0.4, -0.2) is 43.4 Å². The van der Waals surface area contributed by atoms with E-state index < -0.39 is 0 Å². The van der Waals surface area contributed by atoms with Crippen molar-refractivity contribution in [3.8, 4) is 0 Å². The molecule has 0 aromatic carbocycles. The van der Waals surface area contributed by atoms with Crippen molar-refractivity contribution >= 4 is 0 Å². The molecule has 0 radical (unpaired) electrons. The summed E-state index contributed by atoms with van der Waals surface area (Å²) in [6.07, 6.45) is 1.01. The molecular weight excluding hydrogens is 266 g/mol. The molecule has 1 heterocycles. The summed E-state index contributed by atoms with van der Waals surface area (Å²) in [5.41, 5.74) is 3.34. The maximum atomic E-state index is 5.52. The monoisotopic (exact) mass is 295 g/mol. The minimum atomic E-state index is 0.382. The van der Waals surface area contributed by atoms with Crippen molar-refractivity contribution in [2.24, 2.45) is 0 Å². The number of nitrogens with zero attached hydrogens (tertiary/aromatic N) is 2. The van der Waals surface area contributed by atoms with E-state index in [-0.39, 0.29) is 0 Å². The average Bonchev–Trinajstić information content (AvgIpc) is 2.43. The second-order valence-corrected chi connectivity index (χ2v) is 5.37. The smallest absolute Gasteiger partial charge is 0.154 e. The molecule has 0 amide bonds. The van der Waals surface area contributed by atoms with Gasteiger partial charge in [-0.3, -0.25) is 0 Å². The van der Waals surface area contributed by atoms with Crippen LogP contribution in [0.15, 0.2) is 0 Å². The van der Waals surface area contributed by atoms with E-state index in [9.17, 15) is 0 Å². The molecule has 0 bridgehead atoms. The Morgan fingerprint density at radius 2 is 1.81 bits per heavy atom. The van der Waals surface area contributed by atoms with E-state index in [2.05, 4.69) is 43.0 Å². The molecule has 0 saturated carbocycles. The Kier molecular flexibility index (Phi) is 8.42. The Bertz CT molecular complexity index is 401. The Hall–Kier alpha value is -1.04. The van der Waals surface area contributed by atoms with Gasteiger partial charge >= 0.3 is 0 Å². The van der Waals surface area contributed by atoms with E-state index >= 15 is 0 Å². The predicted molar refractivity (Wildman–Crippen MR) is 84.6 cm³/mol. The van der Waals surface area contributed by atoms with Crippen molar-refractivity contribution in [3.05, 3.63) is 22.8 Å². The molecule has 5 heteroatoms. The summed E-state index contributed by atoms with van der Waals surface area (Å²) in [5.74, 6) is 1.16.